The summed E-state index contributed by atoms with van der Waals surface area (Å²) in [7, 11) is 2.05. The molecule has 19 heavy (non-hydrogen) atoms. The summed E-state index contributed by atoms with van der Waals surface area (Å²) in [5, 5.41) is 0. The van der Waals surface area contributed by atoms with Crippen LogP contribution in [-0.4, -0.2) is 17.0 Å². The average molecular weight is 261 g/mol. The Hall–Kier alpha value is -1.55. The highest BCUT2D eigenvalue weighted by molar-refractivity contribution is 5.79. The monoisotopic (exact) mass is 261 g/mol. The van der Waals surface area contributed by atoms with Crippen LogP contribution >= 0.6 is 0 Å². The van der Waals surface area contributed by atoms with Crippen LogP contribution in [0, 0.1) is 5.92 Å². The van der Waals surface area contributed by atoms with Crippen molar-refractivity contribution in [3.8, 4) is 0 Å². The standard InChI is InChI=1S/C15H23N3O/c1-15(2,11(8-16)14(17)19)12-9-18(3)13-7-5-4-6-10(12)13/h4,6,9,11H,5,7-8,16H2,1-3H3,(H2,17,19). The molecule has 2 rings (SSSR count). The Balaban J connectivity index is 2.53. The first kappa shape index (κ1) is 13.9. The van der Waals surface area contributed by atoms with Crippen molar-refractivity contribution in [2.45, 2.75) is 32.1 Å². The van der Waals surface area contributed by atoms with Gasteiger partial charge in [0.2, 0.25) is 5.91 Å². The van der Waals surface area contributed by atoms with E-state index >= 15 is 0 Å². The van der Waals surface area contributed by atoms with Crippen LogP contribution in [0.15, 0.2) is 12.3 Å². The number of fused-ring (bicyclic) bond motifs is 1. The molecule has 0 saturated heterocycles. The van der Waals surface area contributed by atoms with Crippen molar-refractivity contribution >= 4 is 12.0 Å². The molecule has 0 spiro atoms. The summed E-state index contributed by atoms with van der Waals surface area (Å²) in [5.41, 5.74) is 14.6. The molecule has 4 nitrogen and oxygen atoms in total. The highest BCUT2D eigenvalue weighted by Crippen LogP contribution is 2.37. The molecule has 4 N–H and O–H groups in total. The number of carbonyl (C=O) groups is 1. The molecule has 0 aromatic carbocycles. The third-order valence-corrected chi connectivity index (χ3v) is 4.33. The molecule has 1 aromatic rings. The molecule has 1 aliphatic rings. The van der Waals surface area contributed by atoms with E-state index in [0.717, 1.165) is 18.4 Å². The fourth-order valence-electron chi connectivity index (χ4n) is 3.07. The quantitative estimate of drug-likeness (QED) is 0.858. The van der Waals surface area contributed by atoms with E-state index in [-0.39, 0.29) is 23.8 Å². The van der Waals surface area contributed by atoms with Crippen molar-refractivity contribution in [2.24, 2.45) is 24.4 Å². The highest BCUT2D eigenvalue weighted by atomic mass is 16.1. The minimum absolute atomic E-state index is 0.274. The zero-order valence-electron chi connectivity index (χ0n) is 11.9. The van der Waals surface area contributed by atoms with Gasteiger partial charge in [0.25, 0.3) is 0 Å². The number of aromatic nitrogens is 1. The van der Waals surface area contributed by atoms with Crippen molar-refractivity contribution in [2.75, 3.05) is 6.54 Å². The van der Waals surface area contributed by atoms with E-state index < -0.39 is 0 Å². The van der Waals surface area contributed by atoms with Gasteiger partial charge in [0, 0.05) is 30.9 Å². The van der Waals surface area contributed by atoms with E-state index in [4.69, 9.17) is 11.5 Å². The van der Waals surface area contributed by atoms with Crippen LogP contribution in [0.3, 0.4) is 0 Å². The predicted octanol–water partition coefficient (Wildman–Crippen LogP) is 1.32. The molecule has 1 aliphatic carbocycles. The lowest BCUT2D eigenvalue weighted by atomic mass is 9.72. The Morgan fingerprint density at radius 2 is 2.21 bits per heavy atom. The Labute approximate surface area is 114 Å². The molecule has 1 heterocycles. The molecule has 1 atom stereocenters. The van der Waals surface area contributed by atoms with Crippen molar-refractivity contribution < 1.29 is 4.79 Å². The second kappa shape index (κ2) is 4.85. The van der Waals surface area contributed by atoms with Crippen molar-refractivity contribution in [1.29, 1.82) is 0 Å². The SMILES string of the molecule is Cn1cc(C(C)(C)C(CN)C(N)=O)c2c1CCC=C2. The molecule has 4 heteroatoms. The predicted molar refractivity (Wildman–Crippen MR) is 77.5 cm³/mol. The minimum Gasteiger partial charge on any atom is -0.369 e. The first-order valence-electron chi connectivity index (χ1n) is 6.74. The minimum atomic E-state index is -0.354. The van der Waals surface area contributed by atoms with Crippen LogP contribution in [0.4, 0.5) is 0 Å². The summed E-state index contributed by atoms with van der Waals surface area (Å²) in [4.78, 5) is 11.6. The Morgan fingerprint density at radius 3 is 2.79 bits per heavy atom. The zero-order valence-corrected chi connectivity index (χ0v) is 11.9. The Kier molecular flexibility index (Phi) is 3.54. The van der Waals surface area contributed by atoms with E-state index in [9.17, 15) is 4.79 Å². The summed E-state index contributed by atoms with van der Waals surface area (Å²) in [6.45, 7) is 4.37. The third-order valence-electron chi connectivity index (χ3n) is 4.33. The number of aryl methyl sites for hydroxylation is 1. The van der Waals surface area contributed by atoms with Crippen LogP contribution in [0.2, 0.25) is 0 Å². The Morgan fingerprint density at radius 1 is 1.53 bits per heavy atom. The summed E-state index contributed by atoms with van der Waals surface area (Å²) in [6.07, 6.45) is 8.57. The van der Waals surface area contributed by atoms with E-state index in [1.165, 1.54) is 11.3 Å². The van der Waals surface area contributed by atoms with Crippen LogP contribution in [0.25, 0.3) is 6.08 Å². The fourth-order valence-corrected chi connectivity index (χ4v) is 3.07. The van der Waals surface area contributed by atoms with E-state index in [1.807, 2.05) is 13.8 Å². The van der Waals surface area contributed by atoms with Crippen LogP contribution < -0.4 is 11.5 Å². The van der Waals surface area contributed by atoms with Gasteiger partial charge < -0.3 is 16.0 Å². The second-order valence-corrected chi connectivity index (χ2v) is 5.87. The molecule has 0 aliphatic heterocycles. The fraction of sp³-hybridized carbons (Fsp3) is 0.533. The summed E-state index contributed by atoms with van der Waals surface area (Å²) >= 11 is 0. The number of carbonyl (C=O) groups excluding carboxylic acids is 1. The number of hydrogen-bond acceptors (Lipinski definition) is 2. The van der Waals surface area contributed by atoms with Gasteiger partial charge in [-0.3, -0.25) is 4.79 Å². The molecule has 1 unspecified atom stereocenters. The summed E-state index contributed by atoms with van der Waals surface area (Å²) in [6, 6.07) is 0. The molecule has 0 bridgehead atoms. The lowest BCUT2D eigenvalue weighted by Gasteiger charge is -2.32. The summed E-state index contributed by atoms with van der Waals surface area (Å²) < 4.78 is 2.16. The normalized spacial score (nSPS) is 16.2. The van der Waals surface area contributed by atoms with Crippen LogP contribution in [0.5, 0.6) is 0 Å². The topological polar surface area (TPSA) is 74.0 Å². The van der Waals surface area contributed by atoms with Crippen molar-refractivity contribution in [1.82, 2.24) is 4.57 Å². The van der Waals surface area contributed by atoms with E-state index in [1.54, 1.807) is 0 Å². The van der Waals surface area contributed by atoms with E-state index in [2.05, 4.69) is 30.0 Å². The maximum absolute atomic E-state index is 11.6. The molecule has 1 amide bonds. The number of hydrogen-bond donors (Lipinski definition) is 2. The molecular formula is C15H23N3O. The number of amides is 1. The maximum atomic E-state index is 11.6. The number of nitrogens with two attached hydrogens (primary N) is 2. The molecule has 104 valence electrons. The second-order valence-electron chi connectivity index (χ2n) is 5.87. The Bertz CT molecular complexity index is 526. The first-order chi connectivity index (χ1) is 8.89. The lowest BCUT2D eigenvalue weighted by Crippen LogP contribution is -2.43. The number of allylic oxidation sites excluding steroid dienone is 1. The first-order valence-corrected chi connectivity index (χ1v) is 6.74. The molecule has 1 aromatic heterocycles. The highest BCUT2D eigenvalue weighted by Gasteiger charge is 2.37. The van der Waals surface area contributed by atoms with Crippen LogP contribution in [0.1, 0.15) is 37.1 Å². The largest absolute Gasteiger partial charge is 0.369 e. The smallest absolute Gasteiger partial charge is 0.222 e. The number of rotatable bonds is 4. The molecular weight excluding hydrogens is 238 g/mol. The number of nitrogens with zero attached hydrogens (tertiary/aromatic N) is 1. The molecule has 0 fully saturated rings. The van der Waals surface area contributed by atoms with Gasteiger partial charge in [-0.05, 0) is 24.0 Å². The van der Waals surface area contributed by atoms with Crippen molar-refractivity contribution in [3.05, 3.63) is 29.1 Å². The van der Waals surface area contributed by atoms with Gasteiger partial charge in [0.1, 0.15) is 0 Å². The molecule has 0 saturated carbocycles. The van der Waals surface area contributed by atoms with Gasteiger partial charge in [0.15, 0.2) is 0 Å². The average Bonchev–Trinajstić information content (AvgIpc) is 2.68. The van der Waals surface area contributed by atoms with Gasteiger partial charge in [-0.25, -0.2) is 0 Å². The molecule has 0 radical (unpaired) electrons. The van der Waals surface area contributed by atoms with Crippen LogP contribution in [-0.2, 0) is 23.7 Å². The third kappa shape index (κ3) is 2.21. The number of primary amides is 1. The van der Waals surface area contributed by atoms with Gasteiger partial charge in [0.05, 0.1) is 5.92 Å². The summed E-state index contributed by atoms with van der Waals surface area (Å²) in [5.74, 6) is -0.681. The van der Waals surface area contributed by atoms with Gasteiger partial charge in [-0.15, -0.1) is 0 Å². The van der Waals surface area contributed by atoms with Crippen molar-refractivity contribution in [3.63, 3.8) is 0 Å². The van der Waals surface area contributed by atoms with Gasteiger partial charge in [-0.1, -0.05) is 26.0 Å². The lowest BCUT2D eigenvalue weighted by molar-refractivity contribution is -0.123. The van der Waals surface area contributed by atoms with E-state index in [0.29, 0.717) is 0 Å². The van der Waals surface area contributed by atoms with Gasteiger partial charge in [-0.2, -0.15) is 0 Å². The maximum Gasteiger partial charge on any atom is 0.222 e. The van der Waals surface area contributed by atoms with Gasteiger partial charge >= 0.3 is 0 Å². The zero-order chi connectivity index (χ0) is 14.2.